The highest BCUT2D eigenvalue weighted by Crippen LogP contribution is 2.28. The van der Waals surface area contributed by atoms with Crippen LogP contribution in [0.4, 0.5) is 13.2 Å². The van der Waals surface area contributed by atoms with Crippen LogP contribution in [0.15, 0.2) is 18.2 Å². The van der Waals surface area contributed by atoms with Crippen LogP contribution >= 0.6 is 0 Å². The third kappa shape index (κ3) is 2.64. The Bertz CT molecular complexity index is 357. The van der Waals surface area contributed by atoms with E-state index in [1.54, 1.807) is 6.07 Å². The minimum atomic E-state index is -4.60. The number of rotatable bonds is 1. The lowest BCUT2D eigenvalue weighted by Crippen LogP contribution is -2.17. The van der Waals surface area contributed by atoms with E-state index < -0.39 is 6.36 Å². The fourth-order valence-electron chi connectivity index (χ4n) is 1.75. The molecule has 81 valence electrons. The van der Waals surface area contributed by atoms with E-state index in [2.05, 4.69) is 11.2 Å². The highest BCUT2D eigenvalue weighted by atomic mass is 19.4. The van der Waals surface area contributed by atoms with Gasteiger partial charge in [-0.3, -0.25) is 0 Å². The van der Waals surface area contributed by atoms with E-state index in [9.17, 15) is 13.2 Å². The van der Waals surface area contributed by atoms with Crippen LogP contribution in [0.1, 0.15) is 17.5 Å². The van der Waals surface area contributed by atoms with Crippen molar-refractivity contribution in [3.05, 3.63) is 35.7 Å². The Labute approximate surface area is 85.9 Å². The zero-order valence-corrected chi connectivity index (χ0v) is 7.97. The molecule has 1 aromatic rings. The molecule has 1 aliphatic carbocycles. The van der Waals surface area contributed by atoms with Gasteiger partial charge >= 0.3 is 6.36 Å². The molecule has 0 amide bonds. The van der Waals surface area contributed by atoms with E-state index >= 15 is 0 Å². The predicted octanol–water partition coefficient (Wildman–Crippen LogP) is 3.28. The van der Waals surface area contributed by atoms with Gasteiger partial charge in [0.05, 0.1) is 0 Å². The molecule has 0 atom stereocenters. The zero-order chi connectivity index (χ0) is 10.9. The maximum atomic E-state index is 11.9. The molecule has 0 aromatic heterocycles. The number of hydrogen-bond acceptors (Lipinski definition) is 1. The van der Waals surface area contributed by atoms with Crippen LogP contribution in [0, 0.1) is 6.42 Å². The number of aryl methyl sites for hydroxylation is 1. The van der Waals surface area contributed by atoms with Gasteiger partial charge in [-0.2, -0.15) is 0 Å². The van der Waals surface area contributed by atoms with Gasteiger partial charge in [0.1, 0.15) is 5.75 Å². The van der Waals surface area contributed by atoms with Crippen LogP contribution in [-0.4, -0.2) is 6.36 Å². The first-order valence-corrected chi connectivity index (χ1v) is 4.74. The average molecular weight is 215 g/mol. The number of hydrogen-bond donors (Lipinski definition) is 0. The third-order valence-corrected chi connectivity index (χ3v) is 2.39. The first kappa shape index (κ1) is 10.3. The second-order valence-corrected chi connectivity index (χ2v) is 3.51. The van der Waals surface area contributed by atoms with Gasteiger partial charge in [-0.05, 0) is 48.9 Å². The highest BCUT2D eigenvalue weighted by molar-refractivity contribution is 5.38. The molecule has 0 unspecified atom stereocenters. The second kappa shape index (κ2) is 3.76. The van der Waals surface area contributed by atoms with Crippen molar-refractivity contribution < 1.29 is 17.9 Å². The molecule has 0 fully saturated rings. The quantitative estimate of drug-likeness (QED) is 0.698. The van der Waals surface area contributed by atoms with Gasteiger partial charge in [-0.25, -0.2) is 0 Å². The minimum Gasteiger partial charge on any atom is -0.406 e. The fourth-order valence-corrected chi connectivity index (χ4v) is 1.75. The third-order valence-electron chi connectivity index (χ3n) is 2.39. The first-order chi connectivity index (χ1) is 7.04. The molecule has 0 saturated heterocycles. The average Bonchev–Trinajstić information content (AvgIpc) is 2.15. The molecule has 0 saturated carbocycles. The predicted molar refractivity (Wildman–Crippen MR) is 49.5 cm³/mol. The van der Waals surface area contributed by atoms with Crippen molar-refractivity contribution in [3.63, 3.8) is 0 Å². The Morgan fingerprint density at radius 3 is 2.67 bits per heavy atom. The first-order valence-electron chi connectivity index (χ1n) is 4.74. The molecule has 0 bridgehead atoms. The SMILES string of the molecule is FC(F)(F)Oc1ccc2c(c1)CC[CH]C2. The molecule has 4 heteroatoms. The van der Waals surface area contributed by atoms with Crippen LogP contribution in [0.5, 0.6) is 5.75 Å². The van der Waals surface area contributed by atoms with Crippen molar-refractivity contribution in [2.45, 2.75) is 25.6 Å². The summed E-state index contributed by atoms with van der Waals surface area (Å²) in [6, 6.07) is 4.55. The number of halogens is 3. The normalized spacial score (nSPS) is 15.9. The van der Waals surface area contributed by atoms with Gasteiger partial charge in [0.2, 0.25) is 0 Å². The van der Waals surface area contributed by atoms with Crippen molar-refractivity contribution in [2.24, 2.45) is 0 Å². The second-order valence-electron chi connectivity index (χ2n) is 3.51. The van der Waals surface area contributed by atoms with Gasteiger partial charge < -0.3 is 4.74 Å². The Balaban J connectivity index is 2.21. The summed E-state index contributed by atoms with van der Waals surface area (Å²) in [4.78, 5) is 0. The maximum absolute atomic E-state index is 11.9. The molecule has 0 spiro atoms. The van der Waals surface area contributed by atoms with E-state index in [1.807, 2.05) is 0 Å². The largest absolute Gasteiger partial charge is 0.573 e. The van der Waals surface area contributed by atoms with Gasteiger partial charge in [-0.15, -0.1) is 13.2 Å². The van der Waals surface area contributed by atoms with Crippen molar-refractivity contribution >= 4 is 0 Å². The lowest BCUT2D eigenvalue weighted by Gasteiger charge is -2.17. The molecule has 15 heavy (non-hydrogen) atoms. The van der Waals surface area contributed by atoms with E-state index in [0.29, 0.717) is 0 Å². The molecule has 2 rings (SSSR count). The van der Waals surface area contributed by atoms with Gasteiger partial charge in [0, 0.05) is 0 Å². The van der Waals surface area contributed by atoms with Crippen LogP contribution in [0.2, 0.25) is 0 Å². The summed E-state index contributed by atoms with van der Waals surface area (Å²) >= 11 is 0. The summed E-state index contributed by atoms with van der Waals surface area (Å²) in [6.07, 6.45) is 0.0795. The topological polar surface area (TPSA) is 9.23 Å². The van der Waals surface area contributed by atoms with Gasteiger partial charge in [0.15, 0.2) is 0 Å². The van der Waals surface area contributed by atoms with Crippen molar-refractivity contribution in [1.82, 2.24) is 0 Å². The van der Waals surface area contributed by atoms with Crippen LogP contribution in [0.3, 0.4) is 0 Å². The number of ether oxygens (including phenoxy) is 1. The van der Waals surface area contributed by atoms with Gasteiger partial charge in [0.25, 0.3) is 0 Å². The molecular weight excluding hydrogens is 205 g/mol. The number of alkyl halides is 3. The summed E-state index contributed by atoms with van der Waals surface area (Å²) in [6.45, 7) is 0. The van der Waals surface area contributed by atoms with Crippen LogP contribution in [0.25, 0.3) is 0 Å². The highest BCUT2D eigenvalue weighted by Gasteiger charge is 2.31. The molecule has 1 aromatic carbocycles. The molecule has 1 aliphatic rings. The maximum Gasteiger partial charge on any atom is 0.573 e. The van der Waals surface area contributed by atoms with Crippen LogP contribution < -0.4 is 4.74 Å². The monoisotopic (exact) mass is 215 g/mol. The lowest BCUT2D eigenvalue weighted by molar-refractivity contribution is -0.274. The fraction of sp³-hybridized carbons (Fsp3) is 0.364. The standard InChI is InChI=1S/C11H10F3O/c12-11(13,14)15-10-6-5-8-3-1-2-4-9(8)7-10/h1,5-7H,2-4H2. The molecular formula is C11H10F3O. The summed E-state index contributed by atoms with van der Waals surface area (Å²) in [7, 11) is 0. The number of benzene rings is 1. The lowest BCUT2D eigenvalue weighted by atomic mass is 9.92. The Morgan fingerprint density at radius 1 is 1.13 bits per heavy atom. The minimum absolute atomic E-state index is 0.122. The Hall–Kier alpha value is -1.19. The Morgan fingerprint density at radius 2 is 1.93 bits per heavy atom. The van der Waals surface area contributed by atoms with Crippen molar-refractivity contribution in [3.8, 4) is 5.75 Å². The van der Waals surface area contributed by atoms with E-state index in [-0.39, 0.29) is 5.75 Å². The summed E-state index contributed by atoms with van der Waals surface area (Å²) < 4.78 is 39.7. The van der Waals surface area contributed by atoms with E-state index in [4.69, 9.17) is 0 Å². The smallest absolute Gasteiger partial charge is 0.406 e. The molecule has 0 heterocycles. The van der Waals surface area contributed by atoms with Gasteiger partial charge in [-0.1, -0.05) is 6.07 Å². The van der Waals surface area contributed by atoms with Crippen molar-refractivity contribution in [2.75, 3.05) is 0 Å². The van der Waals surface area contributed by atoms with E-state index in [0.717, 1.165) is 30.4 Å². The summed E-state index contributed by atoms with van der Waals surface area (Å²) in [5, 5.41) is 0. The summed E-state index contributed by atoms with van der Waals surface area (Å²) in [5.41, 5.74) is 2.05. The summed E-state index contributed by atoms with van der Waals surface area (Å²) in [5.74, 6) is -0.122. The van der Waals surface area contributed by atoms with E-state index in [1.165, 1.54) is 12.1 Å². The Kier molecular flexibility index (Phi) is 2.59. The zero-order valence-electron chi connectivity index (χ0n) is 7.97. The molecule has 0 aliphatic heterocycles. The molecule has 1 radical (unpaired) electrons. The number of fused-ring (bicyclic) bond motifs is 1. The van der Waals surface area contributed by atoms with Crippen molar-refractivity contribution in [1.29, 1.82) is 0 Å². The molecule has 0 N–H and O–H groups in total. The molecule has 1 nitrogen and oxygen atoms in total. The van der Waals surface area contributed by atoms with Crippen LogP contribution in [-0.2, 0) is 12.8 Å².